The van der Waals surface area contributed by atoms with Gasteiger partial charge in [-0.25, -0.2) is 4.98 Å². The van der Waals surface area contributed by atoms with Crippen molar-refractivity contribution in [1.29, 1.82) is 0 Å². The largest absolute Gasteiger partial charge is 0.338 e. The molecule has 0 radical (unpaired) electrons. The summed E-state index contributed by atoms with van der Waals surface area (Å²) in [4.78, 5) is 9.43. The van der Waals surface area contributed by atoms with Crippen molar-refractivity contribution >= 4 is 11.3 Å². The average molecular weight is 222 g/mol. The molecule has 0 saturated heterocycles. The second kappa shape index (κ2) is 4.55. The lowest BCUT2D eigenvalue weighted by Crippen LogP contribution is -2.11. The number of nitrogens with two attached hydrogens (primary N) is 1. The fraction of sp³-hybridized carbons (Fsp3) is 0.400. The van der Waals surface area contributed by atoms with Gasteiger partial charge in [-0.2, -0.15) is 0 Å². The topological polar surface area (TPSA) is 56.7 Å². The maximum Gasteiger partial charge on any atom is 0.108 e. The molecule has 1 atom stereocenters. The number of aryl methyl sites for hydroxylation is 2. The predicted molar refractivity (Wildman–Crippen MR) is 60.6 cm³/mol. The van der Waals surface area contributed by atoms with E-state index in [-0.39, 0.29) is 6.04 Å². The highest BCUT2D eigenvalue weighted by Gasteiger charge is 2.09. The van der Waals surface area contributed by atoms with Crippen LogP contribution < -0.4 is 5.73 Å². The van der Waals surface area contributed by atoms with Crippen LogP contribution in [0, 0.1) is 0 Å². The van der Waals surface area contributed by atoms with Crippen molar-refractivity contribution in [3.63, 3.8) is 0 Å². The zero-order valence-electron chi connectivity index (χ0n) is 8.63. The van der Waals surface area contributed by atoms with Crippen molar-refractivity contribution in [3.8, 4) is 0 Å². The van der Waals surface area contributed by atoms with Gasteiger partial charge < -0.3 is 10.3 Å². The standard InChI is InChI=1S/C10H14N4S/c1-14-5-4-13-10(14)3-2-8(11)9-6-12-7-15-9/h4-8H,2-3,11H2,1H3. The molecule has 0 aromatic carbocycles. The molecule has 0 aliphatic heterocycles. The predicted octanol–water partition coefficient (Wildman–Crippen LogP) is 1.51. The molecule has 0 saturated carbocycles. The van der Waals surface area contributed by atoms with E-state index in [1.807, 2.05) is 35.7 Å². The van der Waals surface area contributed by atoms with E-state index in [1.54, 1.807) is 11.3 Å². The molecule has 5 heteroatoms. The first-order valence-electron chi connectivity index (χ1n) is 4.87. The number of aromatic nitrogens is 3. The summed E-state index contributed by atoms with van der Waals surface area (Å²) in [6.07, 6.45) is 7.42. The van der Waals surface area contributed by atoms with Crippen LogP contribution in [0.1, 0.15) is 23.2 Å². The highest BCUT2D eigenvalue weighted by molar-refractivity contribution is 7.09. The van der Waals surface area contributed by atoms with Gasteiger partial charge in [0.15, 0.2) is 0 Å². The van der Waals surface area contributed by atoms with Gasteiger partial charge in [-0.05, 0) is 6.42 Å². The molecule has 2 N–H and O–H groups in total. The lowest BCUT2D eigenvalue weighted by atomic mass is 10.1. The average Bonchev–Trinajstić information content (AvgIpc) is 2.85. The van der Waals surface area contributed by atoms with Crippen LogP contribution >= 0.6 is 11.3 Å². The third-order valence-electron chi connectivity index (χ3n) is 2.42. The lowest BCUT2D eigenvalue weighted by Gasteiger charge is -2.08. The fourth-order valence-corrected chi connectivity index (χ4v) is 2.13. The molecule has 2 rings (SSSR count). The second-order valence-corrected chi connectivity index (χ2v) is 4.42. The number of imidazole rings is 1. The number of rotatable bonds is 4. The summed E-state index contributed by atoms with van der Waals surface area (Å²) >= 11 is 1.61. The molecular formula is C10H14N4S. The van der Waals surface area contributed by atoms with Crippen LogP contribution in [-0.4, -0.2) is 14.5 Å². The third-order valence-corrected chi connectivity index (χ3v) is 3.32. The van der Waals surface area contributed by atoms with E-state index >= 15 is 0 Å². The number of hydrogen-bond donors (Lipinski definition) is 1. The molecule has 0 bridgehead atoms. The van der Waals surface area contributed by atoms with Gasteiger partial charge in [0.1, 0.15) is 5.82 Å². The summed E-state index contributed by atoms with van der Waals surface area (Å²) in [5, 5.41) is 0. The summed E-state index contributed by atoms with van der Waals surface area (Å²) < 4.78 is 2.03. The highest BCUT2D eigenvalue weighted by Crippen LogP contribution is 2.19. The van der Waals surface area contributed by atoms with E-state index < -0.39 is 0 Å². The minimum atomic E-state index is 0.0780. The number of hydrogen-bond acceptors (Lipinski definition) is 4. The van der Waals surface area contributed by atoms with Crippen molar-refractivity contribution in [3.05, 3.63) is 34.8 Å². The lowest BCUT2D eigenvalue weighted by molar-refractivity contribution is 0.628. The van der Waals surface area contributed by atoms with E-state index in [9.17, 15) is 0 Å². The Labute approximate surface area is 92.8 Å². The summed E-state index contributed by atoms with van der Waals surface area (Å²) in [6.45, 7) is 0. The van der Waals surface area contributed by atoms with E-state index in [1.165, 1.54) is 0 Å². The molecule has 2 aromatic rings. The van der Waals surface area contributed by atoms with E-state index in [0.29, 0.717) is 0 Å². The van der Waals surface area contributed by atoms with Crippen molar-refractivity contribution in [2.75, 3.05) is 0 Å². The van der Waals surface area contributed by atoms with Gasteiger partial charge in [-0.1, -0.05) is 0 Å². The van der Waals surface area contributed by atoms with Crippen molar-refractivity contribution in [2.45, 2.75) is 18.9 Å². The zero-order chi connectivity index (χ0) is 10.7. The second-order valence-electron chi connectivity index (χ2n) is 3.50. The van der Waals surface area contributed by atoms with Gasteiger partial charge in [0.25, 0.3) is 0 Å². The molecule has 0 aliphatic carbocycles. The summed E-state index contributed by atoms with van der Waals surface area (Å²) in [5.74, 6) is 1.08. The van der Waals surface area contributed by atoms with Crippen molar-refractivity contribution < 1.29 is 0 Å². The Bertz CT molecular complexity index is 407. The van der Waals surface area contributed by atoms with Crippen LogP contribution in [-0.2, 0) is 13.5 Å². The Hall–Kier alpha value is -1.20. The minimum Gasteiger partial charge on any atom is -0.338 e. The molecule has 15 heavy (non-hydrogen) atoms. The molecule has 0 aliphatic rings. The quantitative estimate of drug-likeness (QED) is 0.853. The summed E-state index contributed by atoms with van der Waals surface area (Å²) in [5.41, 5.74) is 7.85. The zero-order valence-corrected chi connectivity index (χ0v) is 9.44. The van der Waals surface area contributed by atoms with Gasteiger partial charge >= 0.3 is 0 Å². The van der Waals surface area contributed by atoms with Crippen LogP contribution in [0.5, 0.6) is 0 Å². The molecule has 2 heterocycles. The Morgan fingerprint density at radius 1 is 1.60 bits per heavy atom. The van der Waals surface area contributed by atoms with Gasteiger partial charge in [-0.3, -0.25) is 4.98 Å². The van der Waals surface area contributed by atoms with Crippen molar-refractivity contribution in [2.24, 2.45) is 12.8 Å². The molecule has 0 spiro atoms. The fourth-order valence-electron chi connectivity index (χ4n) is 1.47. The number of nitrogens with zero attached hydrogens (tertiary/aromatic N) is 3. The first-order chi connectivity index (χ1) is 7.27. The summed E-state index contributed by atoms with van der Waals surface area (Å²) in [7, 11) is 2.00. The van der Waals surface area contributed by atoms with Crippen LogP contribution in [0.15, 0.2) is 24.1 Å². The van der Waals surface area contributed by atoms with Crippen LogP contribution in [0.2, 0.25) is 0 Å². The Balaban J connectivity index is 1.91. The Kier molecular flexibility index (Phi) is 3.13. The highest BCUT2D eigenvalue weighted by atomic mass is 32.1. The Morgan fingerprint density at radius 2 is 2.47 bits per heavy atom. The molecule has 2 aromatic heterocycles. The van der Waals surface area contributed by atoms with Crippen molar-refractivity contribution in [1.82, 2.24) is 14.5 Å². The first-order valence-corrected chi connectivity index (χ1v) is 5.75. The molecule has 1 unspecified atom stereocenters. The van der Waals surface area contributed by atoms with Crippen LogP contribution in [0.3, 0.4) is 0 Å². The molecular weight excluding hydrogens is 208 g/mol. The smallest absolute Gasteiger partial charge is 0.108 e. The van der Waals surface area contributed by atoms with Crippen LogP contribution in [0.4, 0.5) is 0 Å². The van der Waals surface area contributed by atoms with Gasteiger partial charge in [0, 0.05) is 43.0 Å². The van der Waals surface area contributed by atoms with Gasteiger partial charge in [0.2, 0.25) is 0 Å². The maximum absolute atomic E-state index is 6.04. The molecule has 4 nitrogen and oxygen atoms in total. The first kappa shape index (κ1) is 10.3. The third kappa shape index (κ3) is 2.43. The van der Waals surface area contributed by atoms with E-state index in [4.69, 9.17) is 5.73 Å². The normalized spacial score (nSPS) is 12.9. The van der Waals surface area contributed by atoms with Gasteiger partial charge in [-0.15, -0.1) is 11.3 Å². The molecule has 80 valence electrons. The maximum atomic E-state index is 6.04. The molecule has 0 fully saturated rings. The van der Waals surface area contributed by atoms with Gasteiger partial charge in [0.05, 0.1) is 5.51 Å². The Morgan fingerprint density at radius 3 is 3.07 bits per heavy atom. The van der Waals surface area contributed by atoms with Crippen LogP contribution in [0.25, 0.3) is 0 Å². The molecule has 0 amide bonds. The minimum absolute atomic E-state index is 0.0780. The van der Waals surface area contributed by atoms with E-state index in [0.717, 1.165) is 23.5 Å². The summed E-state index contributed by atoms with van der Waals surface area (Å²) in [6, 6.07) is 0.0780. The SMILES string of the molecule is Cn1ccnc1CCC(N)c1cncs1. The monoisotopic (exact) mass is 222 g/mol. The number of thiazole rings is 1. The van der Waals surface area contributed by atoms with E-state index in [2.05, 4.69) is 9.97 Å².